The molecule has 3 rings (SSSR count). The molecule has 0 aromatic carbocycles. The molecule has 1 fully saturated rings. The van der Waals surface area contributed by atoms with Crippen LogP contribution in [0.25, 0.3) is 10.8 Å². The lowest BCUT2D eigenvalue weighted by molar-refractivity contribution is 0.395. The highest BCUT2D eigenvalue weighted by molar-refractivity contribution is 7.13. The van der Waals surface area contributed by atoms with Crippen LogP contribution in [0.15, 0.2) is 16.0 Å². The van der Waals surface area contributed by atoms with E-state index in [0.29, 0.717) is 5.89 Å². The van der Waals surface area contributed by atoms with E-state index in [-0.39, 0.29) is 6.04 Å². The van der Waals surface area contributed by atoms with E-state index in [0.717, 1.165) is 29.4 Å². The molecule has 2 aromatic rings. The Morgan fingerprint density at radius 2 is 2.37 bits per heavy atom. The van der Waals surface area contributed by atoms with Gasteiger partial charge in [-0.1, -0.05) is 18.0 Å². The van der Waals surface area contributed by atoms with Crippen LogP contribution in [0.3, 0.4) is 0 Å². The lowest BCUT2D eigenvalue weighted by Crippen LogP contribution is -2.21. The maximum absolute atomic E-state index is 5.37. The molecular formula is C13H17N3O2S. The van der Waals surface area contributed by atoms with Gasteiger partial charge in [-0.3, -0.25) is 0 Å². The monoisotopic (exact) mass is 279 g/mol. The minimum Gasteiger partial charge on any atom is -0.495 e. The predicted molar refractivity (Wildman–Crippen MR) is 73.4 cm³/mol. The topological polar surface area (TPSA) is 60.2 Å². The van der Waals surface area contributed by atoms with E-state index in [1.165, 1.54) is 19.3 Å². The molecule has 1 atom stereocenters. The molecule has 3 heterocycles. The van der Waals surface area contributed by atoms with Gasteiger partial charge in [-0.2, -0.15) is 4.98 Å². The zero-order chi connectivity index (χ0) is 13.1. The molecule has 2 aromatic heterocycles. The molecule has 0 bridgehead atoms. The first-order chi connectivity index (χ1) is 9.38. The van der Waals surface area contributed by atoms with E-state index in [1.54, 1.807) is 18.4 Å². The summed E-state index contributed by atoms with van der Waals surface area (Å²) in [6.45, 7) is 1.02. The van der Waals surface area contributed by atoms with Crippen molar-refractivity contribution in [2.75, 3.05) is 13.7 Å². The molecule has 0 radical (unpaired) electrons. The Balaban J connectivity index is 1.82. The Morgan fingerprint density at radius 1 is 1.42 bits per heavy atom. The zero-order valence-corrected chi connectivity index (χ0v) is 11.7. The molecule has 1 N–H and O–H groups in total. The van der Waals surface area contributed by atoms with Crippen LogP contribution in [0, 0.1) is 0 Å². The SMILES string of the molecule is COc1ccsc1-c1nc(C2CCCCCN2)no1. The van der Waals surface area contributed by atoms with Crippen LogP contribution in [0.1, 0.15) is 37.5 Å². The molecule has 19 heavy (non-hydrogen) atoms. The summed E-state index contributed by atoms with van der Waals surface area (Å²) in [6, 6.07) is 2.12. The molecule has 102 valence electrons. The summed E-state index contributed by atoms with van der Waals surface area (Å²) in [7, 11) is 1.65. The highest BCUT2D eigenvalue weighted by Crippen LogP contribution is 2.34. The van der Waals surface area contributed by atoms with Gasteiger partial charge in [0.05, 0.1) is 13.2 Å². The molecule has 5 nitrogen and oxygen atoms in total. The second-order valence-electron chi connectivity index (χ2n) is 4.63. The Bertz CT molecular complexity index is 529. The number of hydrogen-bond acceptors (Lipinski definition) is 6. The molecule has 1 aliphatic heterocycles. The van der Waals surface area contributed by atoms with Crippen LogP contribution < -0.4 is 10.1 Å². The van der Waals surface area contributed by atoms with Gasteiger partial charge < -0.3 is 14.6 Å². The van der Waals surface area contributed by atoms with E-state index in [4.69, 9.17) is 9.26 Å². The summed E-state index contributed by atoms with van der Waals surface area (Å²) in [5.41, 5.74) is 0. The van der Waals surface area contributed by atoms with Gasteiger partial charge in [-0.25, -0.2) is 0 Å². The van der Waals surface area contributed by atoms with Crippen molar-refractivity contribution in [3.8, 4) is 16.5 Å². The number of ether oxygens (including phenoxy) is 1. The predicted octanol–water partition coefficient (Wildman–Crippen LogP) is 3.01. The fourth-order valence-corrected chi connectivity index (χ4v) is 3.11. The largest absolute Gasteiger partial charge is 0.495 e. The average Bonchev–Trinajstić information content (AvgIpc) is 3.01. The fourth-order valence-electron chi connectivity index (χ4n) is 2.33. The first kappa shape index (κ1) is 12.6. The lowest BCUT2D eigenvalue weighted by Gasteiger charge is -2.09. The van der Waals surface area contributed by atoms with E-state index in [9.17, 15) is 0 Å². The van der Waals surface area contributed by atoms with Crippen molar-refractivity contribution in [1.82, 2.24) is 15.5 Å². The third kappa shape index (κ3) is 2.64. The molecule has 0 aliphatic carbocycles. The fraction of sp³-hybridized carbons (Fsp3) is 0.538. The van der Waals surface area contributed by atoms with Crippen LogP contribution in [0.2, 0.25) is 0 Å². The molecule has 0 spiro atoms. The summed E-state index contributed by atoms with van der Waals surface area (Å²) in [4.78, 5) is 5.41. The van der Waals surface area contributed by atoms with Crippen molar-refractivity contribution < 1.29 is 9.26 Å². The quantitative estimate of drug-likeness (QED) is 0.935. The zero-order valence-electron chi connectivity index (χ0n) is 10.9. The average molecular weight is 279 g/mol. The second-order valence-corrected chi connectivity index (χ2v) is 5.55. The molecule has 1 unspecified atom stereocenters. The van der Waals surface area contributed by atoms with Crippen molar-refractivity contribution in [3.63, 3.8) is 0 Å². The number of rotatable bonds is 3. The van der Waals surface area contributed by atoms with Gasteiger partial charge >= 0.3 is 0 Å². The van der Waals surface area contributed by atoms with Gasteiger partial charge in [0.2, 0.25) is 0 Å². The van der Waals surface area contributed by atoms with Gasteiger partial charge in [-0.05, 0) is 30.8 Å². The first-order valence-corrected chi connectivity index (χ1v) is 7.45. The Morgan fingerprint density at radius 3 is 3.26 bits per heavy atom. The molecule has 1 saturated heterocycles. The molecule has 0 amide bonds. The van der Waals surface area contributed by atoms with Crippen LogP contribution in [0.4, 0.5) is 0 Å². The first-order valence-electron chi connectivity index (χ1n) is 6.57. The van der Waals surface area contributed by atoms with Gasteiger partial charge in [-0.15, -0.1) is 11.3 Å². The second kappa shape index (κ2) is 5.71. The Hall–Kier alpha value is -1.40. The summed E-state index contributed by atoms with van der Waals surface area (Å²) < 4.78 is 10.7. The van der Waals surface area contributed by atoms with Gasteiger partial charge in [0.25, 0.3) is 5.89 Å². The number of nitrogens with zero attached hydrogens (tertiary/aromatic N) is 2. The van der Waals surface area contributed by atoms with Crippen molar-refractivity contribution in [3.05, 3.63) is 17.3 Å². The molecular weight excluding hydrogens is 262 g/mol. The van der Waals surface area contributed by atoms with Gasteiger partial charge in [0.15, 0.2) is 5.82 Å². The molecule has 6 heteroatoms. The maximum Gasteiger partial charge on any atom is 0.271 e. The van der Waals surface area contributed by atoms with Crippen LogP contribution in [-0.2, 0) is 0 Å². The summed E-state index contributed by atoms with van der Waals surface area (Å²) in [5, 5.41) is 9.55. The maximum atomic E-state index is 5.37. The van der Waals surface area contributed by atoms with Crippen LogP contribution >= 0.6 is 11.3 Å². The van der Waals surface area contributed by atoms with Gasteiger partial charge in [0, 0.05) is 0 Å². The number of thiophene rings is 1. The standard InChI is InChI=1S/C13H17N3O2S/c1-17-10-6-8-19-11(10)13-15-12(16-18-13)9-5-3-2-4-7-14-9/h6,8-9,14H,2-5,7H2,1H3. The molecule has 0 saturated carbocycles. The highest BCUT2D eigenvalue weighted by atomic mass is 32.1. The Kier molecular flexibility index (Phi) is 3.79. The minimum atomic E-state index is 0.214. The minimum absolute atomic E-state index is 0.214. The number of methoxy groups -OCH3 is 1. The Labute approximate surface area is 116 Å². The third-order valence-corrected chi connectivity index (χ3v) is 4.24. The van der Waals surface area contributed by atoms with Crippen molar-refractivity contribution >= 4 is 11.3 Å². The van der Waals surface area contributed by atoms with Crippen LogP contribution in [0.5, 0.6) is 5.75 Å². The number of nitrogens with one attached hydrogen (secondary N) is 1. The van der Waals surface area contributed by atoms with Crippen molar-refractivity contribution in [2.45, 2.75) is 31.7 Å². The van der Waals surface area contributed by atoms with E-state index >= 15 is 0 Å². The highest BCUT2D eigenvalue weighted by Gasteiger charge is 2.21. The number of aromatic nitrogens is 2. The van der Waals surface area contributed by atoms with E-state index in [2.05, 4.69) is 15.5 Å². The normalized spacial score (nSPS) is 20.2. The van der Waals surface area contributed by atoms with E-state index < -0.39 is 0 Å². The lowest BCUT2D eigenvalue weighted by atomic mass is 10.1. The van der Waals surface area contributed by atoms with Crippen molar-refractivity contribution in [1.29, 1.82) is 0 Å². The summed E-state index contributed by atoms with van der Waals surface area (Å²) in [5.74, 6) is 2.09. The summed E-state index contributed by atoms with van der Waals surface area (Å²) in [6.07, 6.45) is 4.78. The third-order valence-electron chi connectivity index (χ3n) is 3.36. The van der Waals surface area contributed by atoms with Crippen LogP contribution in [-0.4, -0.2) is 23.8 Å². The van der Waals surface area contributed by atoms with E-state index in [1.807, 2.05) is 11.4 Å². The number of hydrogen-bond donors (Lipinski definition) is 1. The summed E-state index contributed by atoms with van der Waals surface area (Å²) >= 11 is 1.55. The molecule has 1 aliphatic rings. The van der Waals surface area contributed by atoms with Gasteiger partial charge in [0.1, 0.15) is 10.6 Å². The smallest absolute Gasteiger partial charge is 0.271 e. The van der Waals surface area contributed by atoms with Crippen molar-refractivity contribution in [2.24, 2.45) is 0 Å².